The predicted molar refractivity (Wildman–Crippen MR) is 168 cm³/mol. The summed E-state index contributed by atoms with van der Waals surface area (Å²) in [4.78, 5) is 0. The van der Waals surface area contributed by atoms with Crippen molar-refractivity contribution in [2.75, 3.05) is 19.8 Å². The molecule has 0 heterocycles. The van der Waals surface area contributed by atoms with Crippen LogP contribution < -0.4 is 0 Å². The molecular formula is C25H62O7Si5. The Morgan fingerprint density at radius 1 is 0.541 bits per heavy atom. The largest absolute Gasteiger partial charge is 0.437 e. The van der Waals surface area contributed by atoms with E-state index in [2.05, 4.69) is 72.0 Å². The molecule has 0 aliphatic carbocycles. The van der Waals surface area contributed by atoms with Gasteiger partial charge in [0.1, 0.15) is 6.10 Å². The summed E-state index contributed by atoms with van der Waals surface area (Å²) in [5.41, 5.74) is 0. The summed E-state index contributed by atoms with van der Waals surface area (Å²) < 4.78 is 31.7. The first-order valence-electron chi connectivity index (χ1n) is 14.5. The van der Waals surface area contributed by atoms with Crippen LogP contribution in [-0.2, 0) is 21.2 Å². The molecule has 0 saturated heterocycles. The van der Waals surface area contributed by atoms with Gasteiger partial charge in [0, 0.05) is 6.61 Å². The molecule has 0 fully saturated rings. The van der Waals surface area contributed by atoms with Crippen LogP contribution in [0.25, 0.3) is 0 Å². The lowest BCUT2D eigenvalue weighted by Crippen LogP contribution is -2.58. The third kappa shape index (κ3) is 23.2. The number of ether oxygens (including phenoxy) is 1. The average Bonchev–Trinajstić information content (AvgIpc) is 2.66. The van der Waals surface area contributed by atoms with E-state index in [4.69, 9.17) is 26.3 Å². The van der Waals surface area contributed by atoms with Gasteiger partial charge >= 0.3 is 25.7 Å². The summed E-state index contributed by atoms with van der Waals surface area (Å²) >= 11 is 0. The molecule has 0 radical (unpaired) electrons. The molecular weight excluding hydrogens is 553 g/mol. The maximum absolute atomic E-state index is 9.23. The fourth-order valence-corrected chi connectivity index (χ4v) is 28.8. The van der Waals surface area contributed by atoms with Gasteiger partial charge in [0.05, 0.1) is 13.2 Å². The predicted octanol–water partition coefficient (Wildman–Crippen LogP) is 7.08. The normalized spacial score (nSPS) is 14.8. The Kier molecular flexibility index (Phi) is 18.0. The van der Waals surface area contributed by atoms with E-state index in [1.165, 1.54) is 57.4 Å². The Morgan fingerprint density at radius 2 is 0.946 bits per heavy atom. The highest BCUT2D eigenvalue weighted by Crippen LogP contribution is 2.28. The Labute approximate surface area is 235 Å². The van der Waals surface area contributed by atoms with Crippen molar-refractivity contribution in [1.82, 2.24) is 0 Å². The second kappa shape index (κ2) is 17.6. The molecule has 2 N–H and O–H groups in total. The van der Waals surface area contributed by atoms with Crippen molar-refractivity contribution in [3.63, 3.8) is 0 Å². The van der Waals surface area contributed by atoms with E-state index >= 15 is 0 Å². The highest BCUT2D eigenvalue weighted by molar-refractivity contribution is 6.90. The number of rotatable bonds is 23. The second-order valence-electron chi connectivity index (χ2n) is 13.3. The van der Waals surface area contributed by atoms with Crippen LogP contribution in [0.4, 0.5) is 0 Å². The first kappa shape index (κ1) is 37.8. The van der Waals surface area contributed by atoms with Crippen molar-refractivity contribution in [1.29, 1.82) is 0 Å². The number of aliphatic hydroxyl groups excluding tert-OH is 2. The molecule has 0 aromatic rings. The van der Waals surface area contributed by atoms with Gasteiger partial charge in [-0.15, -0.1) is 0 Å². The van der Waals surface area contributed by atoms with E-state index in [1.807, 2.05) is 0 Å². The molecule has 1 atom stereocenters. The molecule has 0 aromatic carbocycles. The summed E-state index contributed by atoms with van der Waals surface area (Å²) in [6.45, 7) is 24.9. The van der Waals surface area contributed by atoms with E-state index in [-0.39, 0.29) is 13.2 Å². The van der Waals surface area contributed by atoms with Crippen LogP contribution in [-0.4, -0.2) is 78.5 Å². The summed E-state index contributed by atoms with van der Waals surface area (Å²) in [7, 11) is -10.3. The second-order valence-corrected chi connectivity index (χ2v) is 33.2. The molecule has 0 bridgehead atoms. The minimum atomic E-state index is -2.36. The third-order valence-electron chi connectivity index (χ3n) is 5.65. The van der Waals surface area contributed by atoms with E-state index in [9.17, 15) is 5.11 Å². The van der Waals surface area contributed by atoms with Crippen LogP contribution in [0, 0.1) is 0 Å². The maximum Gasteiger partial charge on any atom is 0.314 e. The summed E-state index contributed by atoms with van der Waals surface area (Å²) in [5, 5.41) is 18.0. The minimum absolute atomic E-state index is 0.231. The van der Waals surface area contributed by atoms with Crippen LogP contribution in [0.5, 0.6) is 0 Å². The van der Waals surface area contributed by atoms with Crippen molar-refractivity contribution in [2.24, 2.45) is 0 Å². The zero-order valence-electron chi connectivity index (χ0n) is 26.2. The van der Waals surface area contributed by atoms with Gasteiger partial charge in [-0.05, 0) is 84.5 Å². The maximum atomic E-state index is 9.23. The standard InChI is InChI=1S/C25H62O7Si5/c1-33(2,3)29-35(6,7)31-37(10,11)32-36(8,9)30-34(4,5)22-20-18-16-14-12-13-15-17-19-21-28-24-25(27)23-26/h25-27H,12-24H2,1-11H3. The molecule has 37 heavy (non-hydrogen) atoms. The van der Waals surface area contributed by atoms with Gasteiger partial charge < -0.3 is 31.4 Å². The molecule has 0 aromatic heterocycles. The van der Waals surface area contributed by atoms with Crippen molar-refractivity contribution in [3.8, 4) is 0 Å². The van der Waals surface area contributed by atoms with Crippen molar-refractivity contribution in [2.45, 2.75) is 142 Å². The molecule has 0 aliphatic heterocycles. The minimum Gasteiger partial charge on any atom is -0.437 e. The summed E-state index contributed by atoms with van der Waals surface area (Å²) in [6.07, 6.45) is 10.4. The Bertz CT molecular complexity index is 598. The van der Waals surface area contributed by atoms with Crippen molar-refractivity contribution < 1.29 is 31.4 Å². The van der Waals surface area contributed by atoms with E-state index in [0.717, 1.165) is 6.42 Å². The highest BCUT2D eigenvalue weighted by Gasteiger charge is 2.45. The van der Waals surface area contributed by atoms with Gasteiger partial charge in [0.25, 0.3) is 0 Å². The Hall–Kier alpha value is 0.804. The van der Waals surface area contributed by atoms with Gasteiger partial charge in [0.2, 0.25) is 0 Å². The van der Waals surface area contributed by atoms with Crippen LogP contribution >= 0.6 is 0 Å². The molecule has 0 aliphatic rings. The van der Waals surface area contributed by atoms with Gasteiger partial charge in [0.15, 0.2) is 16.6 Å². The molecule has 1 unspecified atom stereocenters. The number of unbranched alkanes of at least 4 members (excludes halogenated alkanes) is 8. The SMILES string of the molecule is C[Si](C)(C)O[Si](C)(C)O[Si](C)(C)O[Si](C)(C)O[Si](C)(C)CCCCCCCCCCCOCC(O)CO. The molecule has 12 heteroatoms. The van der Waals surface area contributed by atoms with Crippen LogP contribution in [0.2, 0.25) is 78.1 Å². The summed E-state index contributed by atoms with van der Waals surface area (Å²) in [5.74, 6) is 0. The number of aliphatic hydroxyl groups is 2. The quantitative estimate of drug-likeness (QED) is 0.0939. The first-order chi connectivity index (χ1) is 16.8. The molecule has 224 valence electrons. The van der Waals surface area contributed by atoms with Gasteiger partial charge in [-0.3, -0.25) is 0 Å². The average molecular weight is 615 g/mol. The van der Waals surface area contributed by atoms with Crippen LogP contribution in [0.1, 0.15) is 57.8 Å². The Morgan fingerprint density at radius 3 is 1.41 bits per heavy atom. The van der Waals surface area contributed by atoms with Gasteiger partial charge in [-0.1, -0.05) is 51.4 Å². The smallest absolute Gasteiger partial charge is 0.314 e. The third-order valence-corrected chi connectivity index (χ3v) is 23.7. The fourth-order valence-electron chi connectivity index (χ4n) is 4.96. The molecule has 0 amide bonds. The lowest BCUT2D eigenvalue weighted by atomic mass is 10.1. The van der Waals surface area contributed by atoms with Crippen LogP contribution in [0.3, 0.4) is 0 Å². The van der Waals surface area contributed by atoms with Gasteiger partial charge in [-0.25, -0.2) is 0 Å². The topological polar surface area (TPSA) is 86.6 Å². The molecule has 0 saturated carbocycles. The van der Waals surface area contributed by atoms with Gasteiger partial charge in [-0.2, -0.15) is 0 Å². The van der Waals surface area contributed by atoms with E-state index in [1.54, 1.807) is 0 Å². The number of hydrogen-bond acceptors (Lipinski definition) is 7. The molecule has 0 spiro atoms. The lowest BCUT2D eigenvalue weighted by molar-refractivity contribution is 0.00526. The van der Waals surface area contributed by atoms with E-state index in [0.29, 0.717) is 6.61 Å². The zero-order chi connectivity index (χ0) is 28.8. The van der Waals surface area contributed by atoms with Crippen LogP contribution in [0.15, 0.2) is 0 Å². The molecule has 0 rings (SSSR count). The highest BCUT2D eigenvalue weighted by atomic mass is 28.5. The monoisotopic (exact) mass is 614 g/mol. The van der Waals surface area contributed by atoms with Crippen molar-refractivity contribution in [3.05, 3.63) is 0 Å². The summed E-state index contributed by atoms with van der Waals surface area (Å²) in [6, 6.07) is 1.18. The van der Waals surface area contributed by atoms with Crippen molar-refractivity contribution >= 4 is 42.3 Å². The zero-order valence-corrected chi connectivity index (χ0v) is 31.2. The lowest BCUT2D eigenvalue weighted by Gasteiger charge is -2.42. The fraction of sp³-hybridized carbons (Fsp3) is 1.00. The first-order valence-corrected chi connectivity index (χ1v) is 29.4. The number of hydrogen-bond donors (Lipinski definition) is 2. The molecule has 7 nitrogen and oxygen atoms in total. The Balaban J connectivity index is 4.11. The van der Waals surface area contributed by atoms with E-state index < -0.39 is 48.4 Å².